The molecule has 0 atom stereocenters. The Hall–Kier alpha value is -2.71. The van der Waals surface area contributed by atoms with E-state index in [4.69, 9.17) is 4.74 Å². The van der Waals surface area contributed by atoms with Crippen LogP contribution in [0.25, 0.3) is 0 Å². The summed E-state index contributed by atoms with van der Waals surface area (Å²) >= 11 is 0. The fourth-order valence-electron chi connectivity index (χ4n) is 4.17. The van der Waals surface area contributed by atoms with Crippen LogP contribution in [0.15, 0.2) is 47.4 Å². The minimum Gasteiger partial charge on any atom is -0.465 e. The standard InChI is InChI=1S/C23H25NO6S/c1-29-22(25)17-5-8-20(9-6-17)30-23(26)18-11-13-24(14-12-18)31(27,28)21-10-7-16-3-2-4-19(16)15-21/h5-10,15,18H,2-4,11-14H2,1H3. The van der Waals surface area contributed by atoms with Gasteiger partial charge in [-0.1, -0.05) is 6.07 Å². The highest BCUT2D eigenvalue weighted by Gasteiger charge is 2.33. The summed E-state index contributed by atoms with van der Waals surface area (Å²) in [6.07, 6.45) is 3.81. The van der Waals surface area contributed by atoms with Gasteiger partial charge in [-0.25, -0.2) is 13.2 Å². The maximum absolute atomic E-state index is 13.0. The van der Waals surface area contributed by atoms with Gasteiger partial charge in [0.2, 0.25) is 10.0 Å². The molecule has 0 spiro atoms. The molecule has 0 amide bonds. The second kappa shape index (κ2) is 8.80. The fraction of sp³-hybridized carbons (Fsp3) is 0.391. The van der Waals surface area contributed by atoms with Crippen molar-refractivity contribution < 1.29 is 27.5 Å². The molecular formula is C23H25NO6S. The highest BCUT2D eigenvalue weighted by atomic mass is 32.2. The van der Waals surface area contributed by atoms with Crippen LogP contribution in [0, 0.1) is 5.92 Å². The van der Waals surface area contributed by atoms with Gasteiger partial charge in [-0.05, 0) is 79.6 Å². The third-order valence-electron chi connectivity index (χ3n) is 5.99. The third kappa shape index (κ3) is 4.50. The number of carbonyl (C=O) groups is 2. The van der Waals surface area contributed by atoms with Crippen molar-refractivity contribution in [2.75, 3.05) is 20.2 Å². The van der Waals surface area contributed by atoms with Gasteiger partial charge in [0.25, 0.3) is 0 Å². The Morgan fingerprint density at radius 3 is 2.32 bits per heavy atom. The minimum atomic E-state index is -3.57. The van der Waals surface area contributed by atoms with Crippen LogP contribution < -0.4 is 4.74 Å². The lowest BCUT2D eigenvalue weighted by Crippen LogP contribution is -2.41. The van der Waals surface area contributed by atoms with Crippen molar-refractivity contribution in [3.05, 3.63) is 59.2 Å². The Kier molecular flexibility index (Phi) is 6.11. The summed E-state index contributed by atoms with van der Waals surface area (Å²) in [6, 6.07) is 11.5. The smallest absolute Gasteiger partial charge is 0.337 e. The maximum atomic E-state index is 13.0. The van der Waals surface area contributed by atoms with Gasteiger partial charge in [-0.15, -0.1) is 0 Å². The van der Waals surface area contributed by atoms with Gasteiger partial charge in [0.15, 0.2) is 0 Å². The van der Waals surface area contributed by atoms with Gasteiger partial charge in [0, 0.05) is 13.1 Å². The largest absolute Gasteiger partial charge is 0.465 e. The SMILES string of the molecule is COC(=O)c1ccc(OC(=O)C2CCN(S(=O)(=O)c3ccc4c(c3)CCC4)CC2)cc1. The van der Waals surface area contributed by atoms with Gasteiger partial charge in [0.05, 0.1) is 23.5 Å². The maximum Gasteiger partial charge on any atom is 0.337 e. The number of nitrogens with zero attached hydrogens (tertiary/aromatic N) is 1. The molecule has 2 aromatic carbocycles. The van der Waals surface area contributed by atoms with E-state index in [9.17, 15) is 18.0 Å². The van der Waals surface area contributed by atoms with Crippen molar-refractivity contribution in [2.24, 2.45) is 5.92 Å². The van der Waals surface area contributed by atoms with E-state index in [-0.39, 0.29) is 25.0 Å². The van der Waals surface area contributed by atoms with Gasteiger partial charge in [0.1, 0.15) is 5.75 Å². The highest BCUT2D eigenvalue weighted by molar-refractivity contribution is 7.89. The number of esters is 2. The first-order valence-electron chi connectivity index (χ1n) is 10.4. The molecule has 1 heterocycles. The molecule has 0 N–H and O–H groups in total. The number of benzene rings is 2. The van der Waals surface area contributed by atoms with Crippen LogP contribution in [0.2, 0.25) is 0 Å². The molecule has 0 unspecified atom stereocenters. The molecule has 31 heavy (non-hydrogen) atoms. The predicted molar refractivity (Wildman–Crippen MR) is 113 cm³/mol. The van der Waals surface area contributed by atoms with E-state index in [1.54, 1.807) is 12.1 Å². The summed E-state index contributed by atoms with van der Waals surface area (Å²) < 4.78 is 37.6. The topological polar surface area (TPSA) is 90.0 Å². The van der Waals surface area contributed by atoms with E-state index in [0.29, 0.717) is 29.1 Å². The summed E-state index contributed by atoms with van der Waals surface area (Å²) in [4.78, 5) is 24.3. The first-order chi connectivity index (χ1) is 14.9. The zero-order valence-electron chi connectivity index (χ0n) is 17.4. The molecule has 1 aliphatic carbocycles. The molecule has 0 radical (unpaired) electrons. The summed E-state index contributed by atoms with van der Waals surface area (Å²) in [5, 5.41) is 0. The number of aryl methyl sites for hydroxylation is 2. The quantitative estimate of drug-likeness (QED) is 0.521. The van der Waals surface area contributed by atoms with Gasteiger partial charge >= 0.3 is 11.9 Å². The molecule has 7 nitrogen and oxygen atoms in total. The lowest BCUT2D eigenvalue weighted by Gasteiger charge is -2.30. The van der Waals surface area contributed by atoms with Crippen molar-refractivity contribution in [3.8, 4) is 5.75 Å². The average Bonchev–Trinajstić information content (AvgIpc) is 3.27. The zero-order chi connectivity index (χ0) is 22.0. The number of hydrogen-bond donors (Lipinski definition) is 0. The van der Waals surface area contributed by atoms with E-state index in [2.05, 4.69) is 4.74 Å². The van der Waals surface area contributed by atoms with Crippen molar-refractivity contribution >= 4 is 22.0 Å². The molecular weight excluding hydrogens is 418 g/mol. The van der Waals surface area contributed by atoms with Gasteiger partial charge in [-0.3, -0.25) is 4.79 Å². The number of piperidine rings is 1. The first kappa shape index (κ1) is 21.5. The molecule has 164 valence electrons. The van der Waals surface area contributed by atoms with E-state index in [0.717, 1.165) is 24.8 Å². The monoisotopic (exact) mass is 443 g/mol. The van der Waals surface area contributed by atoms with Crippen LogP contribution in [-0.2, 0) is 32.4 Å². The predicted octanol–water partition coefficient (Wildman–Crippen LogP) is 2.97. The van der Waals surface area contributed by atoms with Crippen LogP contribution in [-0.4, -0.2) is 44.9 Å². The Bertz CT molecular complexity index is 1090. The Labute approximate surface area is 182 Å². The summed E-state index contributed by atoms with van der Waals surface area (Å²) in [5.41, 5.74) is 2.73. The summed E-state index contributed by atoms with van der Waals surface area (Å²) in [5.74, 6) is -0.882. The summed E-state index contributed by atoms with van der Waals surface area (Å²) in [7, 11) is -2.27. The number of fused-ring (bicyclic) bond motifs is 1. The van der Waals surface area contributed by atoms with Crippen LogP contribution in [0.3, 0.4) is 0 Å². The molecule has 4 rings (SSSR count). The molecule has 1 fully saturated rings. The Morgan fingerprint density at radius 1 is 0.968 bits per heavy atom. The average molecular weight is 444 g/mol. The number of ether oxygens (including phenoxy) is 2. The third-order valence-corrected chi connectivity index (χ3v) is 7.88. The van der Waals surface area contributed by atoms with E-state index >= 15 is 0 Å². The Morgan fingerprint density at radius 2 is 1.65 bits per heavy atom. The number of sulfonamides is 1. The fourth-order valence-corrected chi connectivity index (χ4v) is 5.69. The second-order valence-electron chi connectivity index (χ2n) is 7.90. The molecule has 2 aromatic rings. The van der Waals surface area contributed by atoms with Crippen LogP contribution in [0.1, 0.15) is 40.7 Å². The van der Waals surface area contributed by atoms with Crippen molar-refractivity contribution in [3.63, 3.8) is 0 Å². The highest BCUT2D eigenvalue weighted by Crippen LogP contribution is 2.29. The van der Waals surface area contributed by atoms with Gasteiger partial charge in [-0.2, -0.15) is 4.31 Å². The molecule has 0 saturated carbocycles. The second-order valence-corrected chi connectivity index (χ2v) is 9.84. The van der Waals surface area contributed by atoms with Crippen LogP contribution in [0.5, 0.6) is 5.75 Å². The minimum absolute atomic E-state index is 0.278. The number of methoxy groups -OCH3 is 1. The lowest BCUT2D eigenvalue weighted by molar-refractivity contribution is -0.140. The summed E-state index contributed by atoms with van der Waals surface area (Å²) in [6.45, 7) is 0.556. The molecule has 2 aliphatic rings. The molecule has 1 saturated heterocycles. The normalized spacial score (nSPS) is 17.2. The molecule has 1 aliphatic heterocycles. The molecule has 0 bridgehead atoms. The van der Waals surface area contributed by atoms with Crippen molar-refractivity contribution in [1.29, 1.82) is 0 Å². The Balaban J connectivity index is 1.35. The number of carbonyl (C=O) groups excluding carboxylic acids is 2. The van der Waals surface area contributed by atoms with E-state index < -0.39 is 16.0 Å². The number of rotatable bonds is 5. The van der Waals surface area contributed by atoms with Gasteiger partial charge < -0.3 is 9.47 Å². The zero-order valence-corrected chi connectivity index (χ0v) is 18.2. The molecule has 8 heteroatoms. The van der Waals surface area contributed by atoms with E-state index in [1.807, 2.05) is 6.07 Å². The van der Waals surface area contributed by atoms with Crippen LogP contribution >= 0.6 is 0 Å². The first-order valence-corrected chi connectivity index (χ1v) is 11.8. The van der Waals surface area contributed by atoms with E-state index in [1.165, 1.54) is 41.2 Å². The van der Waals surface area contributed by atoms with Crippen molar-refractivity contribution in [2.45, 2.75) is 37.0 Å². The van der Waals surface area contributed by atoms with Crippen LogP contribution in [0.4, 0.5) is 0 Å². The number of hydrogen-bond acceptors (Lipinski definition) is 6. The van der Waals surface area contributed by atoms with Crippen molar-refractivity contribution in [1.82, 2.24) is 4.31 Å². The molecule has 0 aromatic heterocycles. The lowest BCUT2D eigenvalue weighted by atomic mass is 9.98.